The number of carbonyl (C=O) groups excluding carboxylic acids is 1. The van der Waals surface area contributed by atoms with E-state index in [9.17, 15) is 4.79 Å². The molecule has 1 saturated heterocycles. The van der Waals surface area contributed by atoms with E-state index in [1.807, 2.05) is 17.8 Å². The summed E-state index contributed by atoms with van der Waals surface area (Å²) >= 11 is 0. The number of fused-ring (bicyclic) bond motifs is 1. The highest BCUT2D eigenvalue weighted by atomic mass is 16.5. The number of nitrogens with zero attached hydrogens (tertiary/aromatic N) is 5. The maximum atomic E-state index is 12.3. The molecule has 1 amide bonds. The zero-order chi connectivity index (χ0) is 15.8. The minimum absolute atomic E-state index is 0.120. The van der Waals surface area contributed by atoms with Gasteiger partial charge in [-0.15, -0.1) is 0 Å². The van der Waals surface area contributed by atoms with Crippen molar-refractivity contribution in [1.82, 2.24) is 29.6 Å². The van der Waals surface area contributed by atoms with Crippen LogP contribution in [0.25, 0.3) is 5.65 Å². The lowest BCUT2D eigenvalue weighted by atomic mass is 10.2. The number of hydrogen-bond acceptors (Lipinski definition) is 6. The van der Waals surface area contributed by atoms with E-state index in [0.29, 0.717) is 23.9 Å². The number of carbonyl (C=O) groups is 1. The van der Waals surface area contributed by atoms with Crippen molar-refractivity contribution in [3.63, 3.8) is 0 Å². The average molecular weight is 316 g/mol. The molecular weight excluding hydrogens is 300 g/mol. The molecule has 9 heteroatoms. The monoisotopic (exact) mass is 316 g/mol. The molecule has 1 fully saturated rings. The summed E-state index contributed by atoms with van der Waals surface area (Å²) in [6.07, 6.45) is 6.93. The number of ether oxygens (including phenoxy) is 1. The molecule has 1 aliphatic heterocycles. The molecule has 3 aromatic heterocycles. The van der Waals surface area contributed by atoms with Gasteiger partial charge in [-0.25, -0.2) is 4.52 Å². The highest BCUT2D eigenvalue weighted by Crippen LogP contribution is 2.26. The summed E-state index contributed by atoms with van der Waals surface area (Å²) in [5, 5.41) is 10.8. The third-order valence-corrected chi connectivity index (χ3v) is 3.88. The Morgan fingerprint density at radius 2 is 2.39 bits per heavy atom. The fourth-order valence-electron chi connectivity index (χ4n) is 2.71. The van der Waals surface area contributed by atoms with Crippen LogP contribution in [0.5, 0.6) is 0 Å². The van der Waals surface area contributed by atoms with Crippen LogP contribution in [-0.4, -0.2) is 36.8 Å². The average Bonchev–Trinajstić information content (AvgIpc) is 3.31. The van der Waals surface area contributed by atoms with Crippen LogP contribution in [0.15, 0.2) is 23.1 Å². The fraction of sp³-hybridized carbons (Fsp3) is 0.429. The standard InChI is InChI=1S/C14H16N6O3/c1-19-4-5-20-14(19)9(7-16-20)12(21)15-8-11-17-13(23-18-11)10-3-2-6-22-10/h4-5,7,10H,2-3,6,8H2,1H3,(H,15,21). The zero-order valence-corrected chi connectivity index (χ0v) is 12.6. The van der Waals surface area contributed by atoms with Gasteiger partial charge >= 0.3 is 0 Å². The molecule has 1 unspecified atom stereocenters. The number of nitrogens with one attached hydrogen (secondary N) is 1. The predicted molar refractivity (Wildman–Crippen MR) is 77.6 cm³/mol. The largest absolute Gasteiger partial charge is 0.368 e. The van der Waals surface area contributed by atoms with Gasteiger partial charge in [-0.05, 0) is 12.8 Å². The Morgan fingerprint density at radius 3 is 3.22 bits per heavy atom. The Hall–Kier alpha value is -2.68. The van der Waals surface area contributed by atoms with Gasteiger partial charge < -0.3 is 19.1 Å². The van der Waals surface area contributed by atoms with Gasteiger partial charge in [0.1, 0.15) is 17.3 Å². The van der Waals surface area contributed by atoms with Crippen LogP contribution in [0.1, 0.15) is 41.0 Å². The summed E-state index contributed by atoms with van der Waals surface area (Å²) in [5.41, 5.74) is 1.23. The van der Waals surface area contributed by atoms with E-state index in [1.54, 1.807) is 16.9 Å². The number of aromatic nitrogens is 5. The van der Waals surface area contributed by atoms with E-state index >= 15 is 0 Å². The van der Waals surface area contributed by atoms with Crippen molar-refractivity contribution in [3.05, 3.63) is 35.9 Å². The smallest absolute Gasteiger partial charge is 0.257 e. The van der Waals surface area contributed by atoms with Gasteiger partial charge in [0.05, 0.1) is 12.7 Å². The third-order valence-electron chi connectivity index (χ3n) is 3.88. The quantitative estimate of drug-likeness (QED) is 0.765. The van der Waals surface area contributed by atoms with E-state index in [0.717, 1.165) is 18.5 Å². The summed E-state index contributed by atoms with van der Waals surface area (Å²) in [7, 11) is 1.86. The van der Waals surface area contributed by atoms with Crippen LogP contribution in [0.2, 0.25) is 0 Å². The van der Waals surface area contributed by atoms with Crippen LogP contribution in [0, 0.1) is 0 Å². The van der Waals surface area contributed by atoms with Gasteiger partial charge in [0.25, 0.3) is 11.8 Å². The third kappa shape index (κ3) is 2.48. The summed E-state index contributed by atoms with van der Waals surface area (Å²) in [4.78, 5) is 16.6. The SMILES string of the molecule is Cn1ccn2ncc(C(=O)NCc3noc(C4CCCO4)n3)c12. The van der Waals surface area contributed by atoms with Crippen molar-refractivity contribution in [2.24, 2.45) is 7.05 Å². The van der Waals surface area contributed by atoms with Crippen molar-refractivity contribution < 1.29 is 14.1 Å². The second kappa shape index (κ2) is 5.51. The molecule has 9 nitrogen and oxygen atoms in total. The number of aryl methyl sites for hydroxylation is 1. The van der Waals surface area contributed by atoms with Crippen molar-refractivity contribution >= 4 is 11.6 Å². The Balaban J connectivity index is 1.44. The number of imidazole rings is 1. The molecule has 1 atom stereocenters. The Kier molecular flexibility index (Phi) is 3.34. The van der Waals surface area contributed by atoms with Gasteiger partial charge in [0.2, 0.25) is 0 Å². The number of amides is 1. The number of rotatable bonds is 4. The van der Waals surface area contributed by atoms with E-state index < -0.39 is 0 Å². The molecule has 0 aliphatic carbocycles. The van der Waals surface area contributed by atoms with Gasteiger partial charge in [0, 0.05) is 26.0 Å². The molecular formula is C14H16N6O3. The van der Waals surface area contributed by atoms with Crippen LogP contribution in [0.4, 0.5) is 0 Å². The fourth-order valence-corrected chi connectivity index (χ4v) is 2.71. The van der Waals surface area contributed by atoms with Crippen molar-refractivity contribution in [1.29, 1.82) is 0 Å². The Morgan fingerprint density at radius 1 is 1.48 bits per heavy atom. The van der Waals surface area contributed by atoms with Crippen LogP contribution < -0.4 is 5.32 Å². The molecule has 4 rings (SSSR count). The van der Waals surface area contributed by atoms with Crippen LogP contribution >= 0.6 is 0 Å². The van der Waals surface area contributed by atoms with E-state index in [-0.39, 0.29) is 18.6 Å². The predicted octanol–water partition coefficient (Wildman–Crippen LogP) is 0.837. The number of hydrogen-bond donors (Lipinski definition) is 1. The van der Waals surface area contributed by atoms with Gasteiger partial charge in [-0.2, -0.15) is 10.1 Å². The summed E-state index contributed by atoms with van der Waals surface area (Å²) in [6.45, 7) is 0.907. The normalized spacial score (nSPS) is 17.9. The molecule has 0 saturated carbocycles. The lowest BCUT2D eigenvalue weighted by Gasteiger charge is -2.02. The van der Waals surface area contributed by atoms with Crippen molar-refractivity contribution in [2.75, 3.05) is 6.61 Å². The van der Waals surface area contributed by atoms with Gasteiger partial charge in [0.15, 0.2) is 5.82 Å². The topological polar surface area (TPSA) is 99.5 Å². The van der Waals surface area contributed by atoms with Crippen LogP contribution in [0.3, 0.4) is 0 Å². The first-order valence-corrected chi connectivity index (χ1v) is 7.43. The molecule has 0 bridgehead atoms. The summed E-state index contributed by atoms with van der Waals surface area (Å²) in [5.74, 6) is 0.673. The van der Waals surface area contributed by atoms with Crippen LogP contribution in [-0.2, 0) is 18.3 Å². The molecule has 4 heterocycles. The highest BCUT2D eigenvalue weighted by molar-refractivity contribution is 5.99. The zero-order valence-electron chi connectivity index (χ0n) is 12.6. The Labute approximate surface area is 131 Å². The van der Waals surface area contributed by atoms with E-state index in [1.165, 1.54) is 0 Å². The molecule has 0 aromatic carbocycles. The molecule has 0 radical (unpaired) electrons. The van der Waals surface area contributed by atoms with Gasteiger partial charge in [-0.3, -0.25) is 4.79 Å². The van der Waals surface area contributed by atoms with Gasteiger partial charge in [-0.1, -0.05) is 5.16 Å². The first kappa shape index (κ1) is 13.9. The maximum absolute atomic E-state index is 12.3. The summed E-state index contributed by atoms with van der Waals surface area (Å²) in [6, 6.07) is 0. The molecule has 23 heavy (non-hydrogen) atoms. The molecule has 0 spiro atoms. The first-order chi connectivity index (χ1) is 11.2. The minimum atomic E-state index is -0.231. The summed E-state index contributed by atoms with van der Waals surface area (Å²) < 4.78 is 14.2. The second-order valence-corrected chi connectivity index (χ2v) is 5.47. The first-order valence-electron chi connectivity index (χ1n) is 7.43. The van der Waals surface area contributed by atoms with Crippen molar-refractivity contribution in [2.45, 2.75) is 25.5 Å². The highest BCUT2D eigenvalue weighted by Gasteiger charge is 2.24. The minimum Gasteiger partial charge on any atom is -0.368 e. The second-order valence-electron chi connectivity index (χ2n) is 5.47. The molecule has 1 aliphatic rings. The molecule has 1 N–H and O–H groups in total. The maximum Gasteiger partial charge on any atom is 0.257 e. The molecule has 3 aromatic rings. The van der Waals surface area contributed by atoms with E-state index in [2.05, 4.69) is 20.6 Å². The Bertz CT molecular complexity index is 842. The lowest BCUT2D eigenvalue weighted by molar-refractivity contribution is 0.0835. The lowest BCUT2D eigenvalue weighted by Crippen LogP contribution is -2.23. The van der Waals surface area contributed by atoms with Crippen molar-refractivity contribution in [3.8, 4) is 0 Å². The van der Waals surface area contributed by atoms with E-state index in [4.69, 9.17) is 9.26 Å². The molecule has 120 valence electrons.